The van der Waals surface area contributed by atoms with Crippen molar-refractivity contribution in [1.82, 2.24) is 20.2 Å². The maximum atomic E-state index is 12.5. The Bertz CT molecular complexity index is 1070. The van der Waals surface area contributed by atoms with E-state index in [0.717, 1.165) is 4.90 Å². The molecular weight excluding hydrogens is 397 g/mol. The summed E-state index contributed by atoms with van der Waals surface area (Å²) < 4.78 is 42.0. The Kier molecular flexibility index (Phi) is 4.38. The molecule has 1 aliphatic rings. The fourth-order valence-corrected chi connectivity index (χ4v) is 3.91. The van der Waals surface area contributed by atoms with Gasteiger partial charge in [0, 0.05) is 10.4 Å². The van der Waals surface area contributed by atoms with E-state index in [4.69, 9.17) is 0 Å². The number of hydrogen-bond acceptors (Lipinski definition) is 6. The Hall–Kier alpha value is -3.21. The minimum atomic E-state index is -4.79. The highest BCUT2D eigenvalue weighted by atomic mass is 32.1. The van der Waals surface area contributed by atoms with Crippen molar-refractivity contribution in [2.75, 3.05) is 6.54 Å². The molecule has 0 aliphatic carbocycles. The lowest BCUT2D eigenvalue weighted by molar-refractivity contribution is -0.274. The number of nitrogens with one attached hydrogen (secondary N) is 1. The van der Waals surface area contributed by atoms with Crippen LogP contribution in [-0.4, -0.2) is 39.7 Å². The number of halogens is 3. The summed E-state index contributed by atoms with van der Waals surface area (Å²) >= 11 is 1.27. The van der Waals surface area contributed by atoms with Gasteiger partial charge in [0.1, 0.15) is 12.1 Å². The first-order valence-corrected chi connectivity index (χ1v) is 8.79. The Morgan fingerprint density at radius 2 is 2.04 bits per heavy atom. The summed E-state index contributed by atoms with van der Waals surface area (Å²) in [4.78, 5) is 33.6. The van der Waals surface area contributed by atoms with Crippen LogP contribution in [-0.2, 0) is 11.3 Å². The summed E-state index contributed by atoms with van der Waals surface area (Å²) in [5, 5.41) is 2.44. The van der Waals surface area contributed by atoms with Crippen LogP contribution in [0.4, 0.5) is 18.0 Å². The first-order valence-electron chi connectivity index (χ1n) is 7.98. The number of carbonyl (C=O) groups excluding carboxylic acids is 2. The van der Waals surface area contributed by atoms with Crippen molar-refractivity contribution in [2.45, 2.75) is 12.9 Å². The van der Waals surface area contributed by atoms with Gasteiger partial charge in [0.25, 0.3) is 0 Å². The number of fused-ring (bicyclic) bond motifs is 1. The molecule has 1 N–H and O–H groups in total. The number of imide groups is 1. The van der Waals surface area contributed by atoms with Crippen molar-refractivity contribution in [3.63, 3.8) is 0 Å². The molecule has 11 heteroatoms. The number of amides is 3. The van der Waals surface area contributed by atoms with E-state index in [2.05, 4.69) is 20.0 Å². The molecule has 2 aromatic heterocycles. The number of urea groups is 1. The molecule has 7 nitrogen and oxygen atoms in total. The zero-order chi connectivity index (χ0) is 19.9. The second-order valence-corrected chi connectivity index (χ2v) is 7.00. The van der Waals surface area contributed by atoms with Gasteiger partial charge in [0.2, 0.25) is 5.91 Å². The molecule has 1 aliphatic heterocycles. The molecule has 4 rings (SSSR count). The Balaban J connectivity index is 1.69. The average molecular weight is 408 g/mol. The molecule has 0 spiro atoms. The fraction of sp³-hybridized carbons (Fsp3) is 0.176. The van der Waals surface area contributed by atoms with Crippen LogP contribution in [0, 0.1) is 0 Å². The molecule has 3 aromatic rings. The van der Waals surface area contributed by atoms with Crippen LogP contribution in [0.5, 0.6) is 5.75 Å². The number of nitrogens with zero attached hydrogens (tertiary/aromatic N) is 3. The molecular formula is C17H11F3N4O3S. The predicted molar refractivity (Wildman–Crippen MR) is 93.5 cm³/mol. The van der Waals surface area contributed by atoms with Crippen LogP contribution in [0.2, 0.25) is 0 Å². The molecule has 0 saturated carbocycles. The lowest BCUT2D eigenvalue weighted by Crippen LogP contribution is -2.29. The average Bonchev–Trinajstić information content (AvgIpc) is 3.18. The largest absolute Gasteiger partial charge is 0.573 e. The summed E-state index contributed by atoms with van der Waals surface area (Å²) in [5.41, 5.74) is 1.43. The van der Waals surface area contributed by atoms with Gasteiger partial charge in [0.15, 0.2) is 0 Å². The lowest BCUT2D eigenvalue weighted by Gasteiger charge is -2.10. The minimum Gasteiger partial charge on any atom is -0.406 e. The van der Waals surface area contributed by atoms with Gasteiger partial charge in [-0.3, -0.25) is 9.69 Å². The van der Waals surface area contributed by atoms with Crippen LogP contribution in [0.1, 0.15) is 4.88 Å². The first kappa shape index (κ1) is 18.2. The van der Waals surface area contributed by atoms with Gasteiger partial charge >= 0.3 is 12.4 Å². The van der Waals surface area contributed by atoms with Crippen molar-refractivity contribution in [1.29, 1.82) is 0 Å². The third-order valence-electron chi connectivity index (χ3n) is 3.95. The van der Waals surface area contributed by atoms with E-state index in [1.165, 1.54) is 35.9 Å². The van der Waals surface area contributed by atoms with E-state index in [0.29, 0.717) is 26.4 Å². The minimum absolute atomic E-state index is 0.0409. The summed E-state index contributed by atoms with van der Waals surface area (Å²) in [6.07, 6.45) is -3.49. The van der Waals surface area contributed by atoms with Gasteiger partial charge in [-0.05, 0) is 18.2 Å². The highest BCUT2D eigenvalue weighted by Gasteiger charge is 2.31. The molecule has 0 atom stereocenters. The van der Waals surface area contributed by atoms with E-state index in [9.17, 15) is 22.8 Å². The third-order valence-corrected chi connectivity index (χ3v) is 5.07. The number of rotatable bonds is 4. The molecule has 144 valence electrons. The summed E-state index contributed by atoms with van der Waals surface area (Å²) in [5.74, 6) is -0.682. The molecule has 0 bridgehead atoms. The number of benzene rings is 1. The zero-order valence-electron chi connectivity index (χ0n) is 14.0. The molecule has 1 saturated heterocycles. The van der Waals surface area contributed by atoms with Gasteiger partial charge < -0.3 is 10.1 Å². The van der Waals surface area contributed by atoms with Crippen LogP contribution in [0.15, 0.2) is 36.7 Å². The van der Waals surface area contributed by atoms with E-state index < -0.39 is 12.4 Å². The number of aromatic nitrogens is 2. The topological polar surface area (TPSA) is 84.4 Å². The van der Waals surface area contributed by atoms with Crippen LogP contribution in [0.25, 0.3) is 21.5 Å². The fourth-order valence-electron chi connectivity index (χ4n) is 2.80. The van der Waals surface area contributed by atoms with Crippen LogP contribution >= 0.6 is 11.3 Å². The number of ether oxygens (including phenoxy) is 1. The standard InChI is InChI=1S/C17H11F3N4O3S/c18-17(19,20)27-10-3-1-2-9(4-10)14-15-12(22-8-23-14)5-11(28-15)7-24-13(25)6-21-16(24)26/h1-5,8H,6-7H2,(H,21,26). The maximum absolute atomic E-state index is 12.5. The Labute approximate surface area is 159 Å². The molecule has 1 fully saturated rings. The normalized spacial score (nSPS) is 14.6. The highest BCUT2D eigenvalue weighted by Crippen LogP contribution is 2.35. The molecule has 1 aromatic carbocycles. The third kappa shape index (κ3) is 3.60. The van der Waals surface area contributed by atoms with Gasteiger partial charge in [0.05, 0.1) is 29.0 Å². The molecule has 3 heterocycles. The highest BCUT2D eigenvalue weighted by molar-refractivity contribution is 7.19. The molecule has 3 amide bonds. The van der Waals surface area contributed by atoms with Crippen LogP contribution < -0.4 is 10.1 Å². The van der Waals surface area contributed by atoms with Gasteiger partial charge in [-0.25, -0.2) is 14.8 Å². The summed E-state index contributed by atoms with van der Waals surface area (Å²) in [6, 6.07) is 6.75. The second-order valence-electron chi connectivity index (χ2n) is 5.86. The maximum Gasteiger partial charge on any atom is 0.573 e. The Morgan fingerprint density at radius 1 is 1.21 bits per heavy atom. The number of carbonyl (C=O) groups is 2. The molecule has 28 heavy (non-hydrogen) atoms. The van der Waals surface area contributed by atoms with Gasteiger partial charge in [-0.15, -0.1) is 24.5 Å². The Morgan fingerprint density at radius 3 is 2.75 bits per heavy atom. The molecule has 0 unspecified atom stereocenters. The lowest BCUT2D eigenvalue weighted by atomic mass is 10.1. The number of alkyl halides is 3. The predicted octanol–water partition coefficient (Wildman–Crippen LogP) is 3.31. The molecule has 0 radical (unpaired) electrons. The summed E-state index contributed by atoms with van der Waals surface area (Å²) in [6.45, 7) is 0.0448. The van der Waals surface area contributed by atoms with Crippen molar-refractivity contribution < 1.29 is 27.5 Å². The van der Waals surface area contributed by atoms with E-state index in [-0.39, 0.29) is 24.7 Å². The van der Waals surface area contributed by atoms with Gasteiger partial charge in [-0.2, -0.15) is 0 Å². The SMILES string of the molecule is O=C1CNC(=O)N1Cc1cc2ncnc(-c3cccc(OC(F)(F)F)c3)c2s1. The second kappa shape index (κ2) is 6.75. The van der Waals surface area contributed by atoms with Crippen molar-refractivity contribution in [3.05, 3.63) is 41.5 Å². The van der Waals surface area contributed by atoms with Crippen molar-refractivity contribution in [2.24, 2.45) is 0 Å². The van der Waals surface area contributed by atoms with Crippen LogP contribution in [0.3, 0.4) is 0 Å². The van der Waals surface area contributed by atoms with Crippen molar-refractivity contribution in [3.8, 4) is 17.0 Å². The van der Waals surface area contributed by atoms with Gasteiger partial charge in [-0.1, -0.05) is 12.1 Å². The smallest absolute Gasteiger partial charge is 0.406 e. The number of thiophene rings is 1. The quantitative estimate of drug-likeness (QED) is 0.670. The van der Waals surface area contributed by atoms with Crippen molar-refractivity contribution >= 4 is 33.5 Å². The van der Waals surface area contributed by atoms with E-state index >= 15 is 0 Å². The van der Waals surface area contributed by atoms with E-state index in [1.807, 2.05) is 0 Å². The monoisotopic (exact) mass is 408 g/mol. The first-order chi connectivity index (χ1) is 13.3. The zero-order valence-corrected chi connectivity index (χ0v) is 14.8. The summed E-state index contributed by atoms with van der Waals surface area (Å²) in [7, 11) is 0. The van der Waals surface area contributed by atoms with E-state index in [1.54, 1.807) is 12.1 Å². The number of hydrogen-bond donors (Lipinski definition) is 1.